The summed E-state index contributed by atoms with van der Waals surface area (Å²) in [4.78, 5) is 20.3. The summed E-state index contributed by atoms with van der Waals surface area (Å²) < 4.78 is 82.9. The zero-order chi connectivity index (χ0) is 27.9. The lowest BCUT2D eigenvalue weighted by molar-refractivity contribution is -0.193. The molecule has 2 aliphatic rings. The molecule has 0 radical (unpaired) electrons. The van der Waals surface area contributed by atoms with Crippen molar-refractivity contribution < 1.29 is 55.3 Å². The lowest BCUT2D eigenvalue weighted by Gasteiger charge is -2.23. The predicted octanol–water partition coefficient (Wildman–Crippen LogP) is 5.00. The molecule has 2 fully saturated rings. The van der Waals surface area contributed by atoms with Gasteiger partial charge in [0.05, 0.1) is 18.2 Å². The van der Waals surface area contributed by atoms with Gasteiger partial charge in [0.1, 0.15) is 5.82 Å². The van der Waals surface area contributed by atoms with Gasteiger partial charge in [0, 0.05) is 31.7 Å². The number of carboxylic acids is 2. The summed E-state index contributed by atoms with van der Waals surface area (Å²) in [5.74, 6) is -5.72. The molecule has 3 N–H and O–H groups in total. The average molecular weight is 560 g/mol. The van der Waals surface area contributed by atoms with Gasteiger partial charge in [-0.25, -0.2) is 14.0 Å². The smallest absolute Gasteiger partial charge is 0.475 e. The third-order valence-corrected chi connectivity index (χ3v) is 6.00. The summed E-state index contributed by atoms with van der Waals surface area (Å²) in [6, 6.07) is 9.12. The molecule has 4 rings (SSSR count). The maximum absolute atomic E-state index is 13.3. The number of rotatable bonds is 4. The van der Waals surface area contributed by atoms with Crippen LogP contribution in [0.25, 0.3) is 0 Å². The minimum Gasteiger partial charge on any atom is -0.475 e. The number of carbonyl (C=O) groups is 2. The van der Waals surface area contributed by atoms with Crippen LogP contribution in [-0.2, 0) is 20.9 Å². The zero-order valence-corrected chi connectivity index (χ0v) is 19.8. The van der Waals surface area contributed by atoms with E-state index in [9.17, 15) is 30.7 Å². The number of likely N-dealkylation sites (tertiary alicyclic amines) is 1. The summed E-state index contributed by atoms with van der Waals surface area (Å²) in [5, 5.41) is 22.0. The van der Waals surface area contributed by atoms with Crippen LogP contribution in [0.1, 0.15) is 18.4 Å². The second-order valence-corrected chi connectivity index (χ2v) is 9.03. The molecule has 2 atom stereocenters. The molecule has 1 aromatic heterocycles. The SMILES string of the molecule is Fc1cccc(NC2COC3(CCN(Cc4ccsc4)C3)C2)c1.O=C(O)C(F)(F)F.O=C(O)C(F)(F)F. The van der Waals surface area contributed by atoms with E-state index in [0.717, 1.165) is 38.2 Å². The van der Waals surface area contributed by atoms with Gasteiger partial charge >= 0.3 is 24.3 Å². The van der Waals surface area contributed by atoms with E-state index in [0.29, 0.717) is 6.61 Å². The van der Waals surface area contributed by atoms with Crippen LogP contribution < -0.4 is 5.32 Å². The molecule has 3 heterocycles. The highest BCUT2D eigenvalue weighted by Crippen LogP contribution is 2.36. The molecule has 1 aromatic carbocycles. The molecule has 2 aliphatic heterocycles. The van der Waals surface area contributed by atoms with Crippen molar-refractivity contribution in [1.29, 1.82) is 0 Å². The quantitative estimate of drug-likeness (QED) is 0.453. The Hall–Kier alpha value is -2.91. The first-order valence-corrected chi connectivity index (χ1v) is 11.5. The predicted molar refractivity (Wildman–Crippen MR) is 119 cm³/mol. The Bertz CT molecular complexity index is 1010. The number of ether oxygens (including phenoxy) is 1. The molecular formula is C22H23F7N2O5S. The topological polar surface area (TPSA) is 99.1 Å². The lowest BCUT2D eigenvalue weighted by atomic mass is 9.97. The first-order valence-electron chi connectivity index (χ1n) is 10.6. The first-order chi connectivity index (χ1) is 17.1. The Kier molecular flexibility index (Phi) is 10.3. The van der Waals surface area contributed by atoms with Crippen molar-refractivity contribution in [2.75, 3.05) is 25.0 Å². The van der Waals surface area contributed by atoms with Gasteiger partial charge in [-0.2, -0.15) is 37.7 Å². The summed E-state index contributed by atoms with van der Waals surface area (Å²) in [7, 11) is 0. The molecular weight excluding hydrogens is 537 g/mol. The summed E-state index contributed by atoms with van der Waals surface area (Å²) in [5.41, 5.74) is 2.20. The molecule has 0 bridgehead atoms. The fourth-order valence-electron chi connectivity index (χ4n) is 3.74. The highest BCUT2D eigenvalue weighted by atomic mass is 32.1. The van der Waals surface area contributed by atoms with E-state index in [1.54, 1.807) is 23.5 Å². The molecule has 7 nitrogen and oxygen atoms in total. The van der Waals surface area contributed by atoms with E-state index in [2.05, 4.69) is 27.0 Å². The largest absolute Gasteiger partial charge is 0.490 e. The van der Waals surface area contributed by atoms with E-state index in [1.165, 1.54) is 11.6 Å². The van der Waals surface area contributed by atoms with E-state index in [4.69, 9.17) is 24.5 Å². The number of nitrogens with one attached hydrogen (secondary N) is 1. The molecule has 2 saturated heterocycles. The fraction of sp³-hybridized carbons (Fsp3) is 0.455. The van der Waals surface area contributed by atoms with Crippen molar-refractivity contribution in [3.05, 3.63) is 52.5 Å². The Labute approximate surface area is 210 Å². The minimum absolute atomic E-state index is 0.0268. The number of nitrogens with zero attached hydrogens (tertiary/aromatic N) is 1. The Balaban J connectivity index is 0.000000286. The van der Waals surface area contributed by atoms with Gasteiger partial charge in [-0.05, 0) is 47.0 Å². The van der Waals surface area contributed by atoms with E-state index < -0.39 is 24.3 Å². The number of anilines is 1. The van der Waals surface area contributed by atoms with Gasteiger partial charge in [-0.3, -0.25) is 4.90 Å². The minimum atomic E-state index is -5.08. The van der Waals surface area contributed by atoms with Crippen LogP contribution in [0.15, 0.2) is 41.1 Å². The number of carboxylic acid groups (broad SMARTS) is 2. The van der Waals surface area contributed by atoms with E-state index in [1.807, 2.05) is 6.07 Å². The van der Waals surface area contributed by atoms with Crippen molar-refractivity contribution in [3.63, 3.8) is 0 Å². The number of alkyl halides is 6. The summed E-state index contributed by atoms with van der Waals surface area (Å²) >= 11 is 1.75. The molecule has 0 aliphatic carbocycles. The average Bonchev–Trinajstić information content (AvgIpc) is 3.51. The molecule has 2 unspecified atom stereocenters. The molecule has 2 aromatic rings. The van der Waals surface area contributed by atoms with Crippen LogP contribution in [0.4, 0.5) is 36.4 Å². The first kappa shape index (κ1) is 30.3. The van der Waals surface area contributed by atoms with Gasteiger partial charge in [-0.1, -0.05) is 6.07 Å². The van der Waals surface area contributed by atoms with Crippen molar-refractivity contribution >= 4 is 29.0 Å². The number of benzene rings is 1. The van der Waals surface area contributed by atoms with E-state index >= 15 is 0 Å². The summed E-state index contributed by atoms with van der Waals surface area (Å²) in [6.45, 7) is 3.78. The van der Waals surface area contributed by atoms with Crippen molar-refractivity contribution in [1.82, 2.24) is 4.90 Å². The van der Waals surface area contributed by atoms with Crippen molar-refractivity contribution in [2.24, 2.45) is 0 Å². The maximum atomic E-state index is 13.3. The van der Waals surface area contributed by atoms with Crippen LogP contribution in [0.3, 0.4) is 0 Å². The maximum Gasteiger partial charge on any atom is 0.490 e. The second-order valence-electron chi connectivity index (χ2n) is 8.25. The Morgan fingerprint density at radius 3 is 2.24 bits per heavy atom. The van der Waals surface area contributed by atoms with Crippen molar-refractivity contribution in [3.8, 4) is 0 Å². The van der Waals surface area contributed by atoms with Crippen LogP contribution in [-0.4, -0.2) is 70.7 Å². The number of thiophene rings is 1. The van der Waals surface area contributed by atoms with Crippen LogP contribution in [0, 0.1) is 5.82 Å². The third-order valence-electron chi connectivity index (χ3n) is 5.27. The van der Waals surface area contributed by atoms with Crippen LogP contribution >= 0.6 is 11.3 Å². The van der Waals surface area contributed by atoms with Crippen LogP contribution in [0.5, 0.6) is 0 Å². The second kappa shape index (κ2) is 12.6. The van der Waals surface area contributed by atoms with Gasteiger partial charge in [0.25, 0.3) is 0 Å². The standard InChI is InChI=1S/C18H21FN2OS.2C2HF3O2/c19-15-2-1-3-16(8-15)20-17-9-18(22-11-17)5-6-21(13-18)10-14-4-7-23-12-14;2*3-2(4,5)1(6)7/h1-4,7-8,12,17,20H,5-6,9-11,13H2;2*(H,6,7). The number of aliphatic carboxylic acids is 2. The highest BCUT2D eigenvalue weighted by Gasteiger charge is 2.45. The van der Waals surface area contributed by atoms with Gasteiger partial charge in [0.15, 0.2) is 0 Å². The van der Waals surface area contributed by atoms with Gasteiger partial charge in [0.2, 0.25) is 0 Å². The lowest BCUT2D eigenvalue weighted by Crippen LogP contribution is -2.33. The van der Waals surface area contributed by atoms with Crippen LogP contribution in [0.2, 0.25) is 0 Å². The van der Waals surface area contributed by atoms with Crippen molar-refractivity contribution in [2.45, 2.75) is 43.4 Å². The van der Waals surface area contributed by atoms with E-state index in [-0.39, 0.29) is 17.5 Å². The third kappa shape index (κ3) is 10.2. The summed E-state index contributed by atoms with van der Waals surface area (Å²) in [6.07, 6.45) is -8.10. The fourth-order valence-corrected chi connectivity index (χ4v) is 4.40. The van der Waals surface area contributed by atoms with Gasteiger partial charge in [-0.15, -0.1) is 0 Å². The molecule has 15 heteroatoms. The number of hydrogen-bond donors (Lipinski definition) is 3. The Morgan fingerprint density at radius 2 is 1.73 bits per heavy atom. The molecule has 0 amide bonds. The van der Waals surface area contributed by atoms with Gasteiger partial charge < -0.3 is 20.3 Å². The number of hydrogen-bond acceptors (Lipinski definition) is 6. The molecule has 206 valence electrons. The highest BCUT2D eigenvalue weighted by molar-refractivity contribution is 7.07. The monoisotopic (exact) mass is 560 g/mol. The molecule has 0 saturated carbocycles. The zero-order valence-electron chi connectivity index (χ0n) is 19.0. The number of halogens is 7. The normalized spacial score (nSPS) is 21.5. The molecule has 37 heavy (non-hydrogen) atoms. The molecule has 1 spiro atoms. The Morgan fingerprint density at radius 1 is 1.11 bits per heavy atom.